The summed E-state index contributed by atoms with van der Waals surface area (Å²) in [7, 11) is 0. The molecule has 0 unspecified atom stereocenters. The lowest BCUT2D eigenvalue weighted by Gasteiger charge is -2.15. The molecule has 368 valence electrons. The highest BCUT2D eigenvalue weighted by molar-refractivity contribution is 8.34. The van der Waals surface area contributed by atoms with Crippen LogP contribution in [0.3, 0.4) is 0 Å². The smallest absolute Gasteiger partial charge is 0.346 e. The van der Waals surface area contributed by atoms with Gasteiger partial charge in [0.2, 0.25) is 0 Å². The summed E-state index contributed by atoms with van der Waals surface area (Å²) in [5.41, 5.74) is 0. The minimum absolute atomic E-state index is 0.164. The summed E-state index contributed by atoms with van der Waals surface area (Å²) in [6.07, 6.45) is 26.6. The lowest BCUT2D eigenvalue weighted by atomic mass is 10.1. The lowest BCUT2D eigenvalue weighted by Crippen LogP contribution is -2.12. The lowest BCUT2D eigenvalue weighted by molar-refractivity contribution is -0.141. The van der Waals surface area contributed by atoms with Crippen LogP contribution in [0, 0.1) is 0 Å². The van der Waals surface area contributed by atoms with Gasteiger partial charge in [-0.2, -0.15) is 0 Å². The molecule has 0 N–H and O–H groups in total. The SMILES string of the molecule is CCCCCCCCOC(=O)C1=C(C(=O)OCCCCCCCC)SC(CC2=C(C3SC(C(=O)OCCCCCCCC)=C(C(=O)OCCCCCCCC)S3)SC(=C3SCCS3)S2)S1. The summed E-state index contributed by atoms with van der Waals surface area (Å²) in [4.78, 5) is 58.6. The molecule has 4 aliphatic heterocycles. The van der Waals surface area contributed by atoms with E-state index in [9.17, 15) is 19.2 Å². The van der Waals surface area contributed by atoms with Crippen molar-refractivity contribution < 1.29 is 38.1 Å². The van der Waals surface area contributed by atoms with Gasteiger partial charge in [-0.15, -0.1) is 47.0 Å². The van der Waals surface area contributed by atoms with Gasteiger partial charge in [-0.25, -0.2) is 19.2 Å². The van der Waals surface area contributed by atoms with E-state index in [-0.39, 0.29) is 9.16 Å². The molecule has 4 aliphatic rings. The fourth-order valence-corrected chi connectivity index (χ4v) is 19.3. The topological polar surface area (TPSA) is 105 Å². The fourth-order valence-electron chi connectivity index (χ4n) is 7.27. The van der Waals surface area contributed by atoms with Crippen LogP contribution in [0.2, 0.25) is 0 Å². The number of unbranched alkanes of at least 4 members (excludes halogenated alkanes) is 20. The standard InChI is InChI=1S/C49H76O8S8/c1-5-9-13-17-21-25-29-54-43(50)39-40(44(51)55-30-26-22-18-14-10-6-2)62-37(61-39)35-36-38(63-49(60-36)48-58-33-34-59-48)47-64-41(45(52)56-31-27-23-19-15-11-7-3)42(65-47)46(53)57-32-28-24-20-16-12-8-4/h37,47H,5-35H2,1-4H3. The van der Waals surface area contributed by atoms with Crippen LogP contribution in [0.4, 0.5) is 0 Å². The van der Waals surface area contributed by atoms with E-state index >= 15 is 0 Å². The molecule has 1 saturated heterocycles. The molecule has 0 aliphatic carbocycles. The molecule has 4 rings (SSSR count). The van der Waals surface area contributed by atoms with Gasteiger partial charge in [0, 0.05) is 27.7 Å². The normalized spacial score (nSPS) is 17.0. The van der Waals surface area contributed by atoms with Crippen molar-refractivity contribution in [3.05, 3.63) is 37.9 Å². The van der Waals surface area contributed by atoms with Crippen molar-refractivity contribution in [3.63, 3.8) is 0 Å². The van der Waals surface area contributed by atoms with Crippen LogP contribution < -0.4 is 0 Å². The molecule has 0 radical (unpaired) electrons. The Morgan fingerprint density at radius 2 is 0.738 bits per heavy atom. The molecular weight excluding hydrogens is 973 g/mol. The molecule has 0 saturated carbocycles. The average molecular weight is 1050 g/mol. The third-order valence-corrected chi connectivity index (χ3v) is 22.9. The first kappa shape index (κ1) is 57.2. The van der Waals surface area contributed by atoms with E-state index in [1.807, 2.05) is 23.5 Å². The van der Waals surface area contributed by atoms with Crippen molar-refractivity contribution in [2.45, 2.75) is 197 Å². The Morgan fingerprint density at radius 1 is 0.415 bits per heavy atom. The highest BCUT2D eigenvalue weighted by Gasteiger charge is 2.43. The number of hydrogen-bond donors (Lipinski definition) is 0. The number of ether oxygens (including phenoxy) is 4. The molecule has 4 heterocycles. The molecule has 16 heteroatoms. The van der Waals surface area contributed by atoms with Crippen LogP contribution in [0.15, 0.2) is 37.9 Å². The number of carbonyl (C=O) groups is 4. The quantitative estimate of drug-likeness (QED) is 0.0341. The van der Waals surface area contributed by atoms with Gasteiger partial charge in [0.1, 0.15) is 19.6 Å². The van der Waals surface area contributed by atoms with Gasteiger partial charge >= 0.3 is 23.9 Å². The second kappa shape index (κ2) is 34.9. The van der Waals surface area contributed by atoms with Gasteiger partial charge in [0.05, 0.1) is 44.1 Å². The Morgan fingerprint density at radius 3 is 1.09 bits per heavy atom. The third kappa shape index (κ3) is 21.3. The molecular formula is C49H76O8S8. The van der Waals surface area contributed by atoms with E-state index in [0.717, 1.165) is 98.4 Å². The maximum atomic E-state index is 13.8. The van der Waals surface area contributed by atoms with Crippen molar-refractivity contribution in [1.29, 1.82) is 0 Å². The Balaban J connectivity index is 1.50. The molecule has 8 nitrogen and oxygen atoms in total. The van der Waals surface area contributed by atoms with Crippen molar-refractivity contribution in [1.82, 2.24) is 0 Å². The van der Waals surface area contributed by atoms with E-state index < -0.39 is 23.9 Å². The zero-order chi connectivity index (χ0) is 46.5. The minimum Gasteiger partial charge on any atom is -0.462 e. The molecule has 0 aromatic rings. The van der Waals surface area contributed by atoms with E-state index in [4.69, 9.17) is 18.9 Å². The van der Waals surface area contributed by atoms with Crippen LogP contribution in [0.1, 0.15) is 188 Å². The van der Waals surface area contributed by atoms with Crippen LogP contribution in [0.5, 0.6) is 0 Å². The van der Waals surface area contributed by atoms with Gasteiger partial charge < -0.3 is 18.9 Å². The number of carbonyl (C=O) groups excluding carboxylic acids is 4. The Labute approximate surface area is 426 Å². The molecule has 0 aromatic carbocycles. The average Bonchev–Trinajstić information content (AvgIpc) is 4.15. The number of esters is 4. The molecule has 0 spiro atoms. The van der Waals surface area contributed by atoms with Gasteiger partial charge in [-0.05, 0) is 25.7 Å². The summed E-state index contributed by atoms with van der Waals surface area (Å²) in [6, 6.07) is 0. The monoisotopic (exact) mass is 1050 g/mol. The largest absolute Gasteiger partial charge is 0.462 e. The van der Waals surface area contributed by atoms with E-state index in [2.05, 4.69) is 27.7 Å². The van der Waals surface area contributed by atoms with Crippen molar-refractivity contribution >= 4 is 118 Å². The van der Waals surface area contributed by atoms with Gasteiger partial charge in [-0.1, -0.05) is 203 Å². The van der Waals surface area contributed by atoms with E-state index in [0.29, 0.717) is 52.5 Å². The summed E-state index contributed by atoms with van der Waals surface area (Å²) >= 11 is 12.8. The zero-order valence-corrected chi connectivity index (χ0v) is 46.1. The second-order valence-electron chi connectivity index (χ2n) is 16.6. The van der Waals surface area contributed by atoms with Crippen LogP contribution in [-0.4, -0.2) is 71.0 Å². The Bertz CT molecular complexity index is 1540. The van der Waals surface area contributed by atoms with Crippen molar-refractivity contribution in [3.8, 4) is 0 Å². The van der Waals surface area contributed by atoms with Crippen LogP contribution in [0.25, 0.3) is 0 Å². The fraction of sp³-hybridized carbons (Fsp3) is 0.755. The van der Waals surface area contributed by atoms with E-state index in [1.54, 1.807) is 23.5 Å². The summed E-state index contributed by atoms with van der Waals surface area (Å²) in [5.74, 6) is 0.298. The van der Waals surface area contributed by atoms with Gasteiger partial charge in [0.25, 0.3) is 0 Å². The first-order valence-corrected chi connectivity index (χ1v) is 31.9. The first-order valence-electron chi connectivity index (χ1n) is 24.7. The van der Waals surface area contributed by atoms with Gasteiger partial charge in [-0.3, -0.25) is 0 Å². The highest BCUT2D eigenvalue weighted by Crippen LogP contribution is 2.64. The number of hydrogen-bond acceptors (Lipinski definition) is 16. The summed E-state index contributed by atoms with van der Waals surface area (Å²) < 4.78 is 25.4. The second-order valence-corrected chi connectivity index (χ2v) is 26.8. The van der Waals surface area contributed by atoms with E-state index in [1.165, 1.54) is 133 Å². The molecule has 0 bridgehead atoms. The van der Waals surface area contributed by atoms with Crippen LogP contribution in [-0.2, 0) is 38.1 Å². The first-order chi connectivity index (χ1) is 31.8. The Kier molecular flexibility index (Phi) is 30.7. The predicted molar refractivity (Wildman–Crippen MR) is 288 cm³/mol. The van der Waals surface area contributed by atoms with Crippen molar-refractivity contribution in [2.75, 3.05) is 37.9 Å². The third-order valence-electron chi connectivity index (χ3n) is 11.0. The maximum absolute atomic E-state index is 13.8. The molecule has 0 amide bonds. The maximum Gasteiger partial charge on any atom is 0.346 e. The number of allylic oxidation sites excluding steroid dienone is 1. The Hall–Kier alpha value is -0.360. The summed E-state index contributed by atoms with van der Waals surface area (Å²) in [6.45, 7) is 10.1. The number of rotatable bonds is 35. The highest BCUT2D eigenvalue weighted by atomic mass is 32.2. The molecule has 0 atom stereocenters. The van der Waals surface area contributed by atoms with Gasteiger partial charge in [0.15, 0.2) is 0 Å². The minimum atomic E-state index is -0.456. The number of thioether (sulfide) groups is 8. The zero-order valence-electron chi connectivity index (χ0n) is 39.6. The molecule has 65 heavy (non-hydrogen) atoms. The predicted octanol–water partition coefficient (Wildman–Crippen LogP) is 16.3. The van der Waals surface area contributed by atoms with Crippen LogP contribution >= 0.6 is 94.1 Å². The molecule has 1 fully saturated rings. The molecule has 0 aromatic heterocycles. The summed E-state index contributed by atoms with van der Waals surface area (Å²) in [5, 5.41) is 0. The van der Waals surface area contributed by atoms with Crippen molar-refractivity contribution in [2.24, 2.45) is 0 Å².